The Bertz CT molecular complexity index is 331. The van der Waals surface area contributed by atoms with Crippen LogP contribution >= 0.6 is 11.6 Å². The van der Waals surface area contributed by atoms with Gasteiger partial charge >= 0.3 is 0 Å². The quantitative estimate of drug-likeness (QED) is 0.724. The second-order valence-corrected chi connectivity index (χ2v) is 3.34. The van der Waals surface area contributed by atoms with Crippen molar-refractivity contribution in [3.8, 4) is 17.6 Å². The molecule has 1 aromatic carbocycles. The number of hydrogen-bond acceptors (Lipinski definition) is 3. The molecule has 3 nitrogen and oxygen atoms in total. The molecule has 0 aliphatic heterocycles. The van der Waals surface area contributed by atoms with Gasteiger partial charge in [-0.1, -0.05) is 0 Å². The van der Waals surface area contributed by atoms with Crippen LogP contribution in [0.25, 0.3) is 0 Å². The first-order chi connectivity index (χ1) is 7.26. The average molecular weight is 226 g/mol. The van der Waals surface area contributed by atoms with Crippen LogP contribution in [0, 0.1) is 11.3 Å². The highest BCUT2D eigenvalue weighted by Crippen LogP contribution is 2.17. The molecule has 0 aliphatic carbocycles. The Morgan fingerprint density at radius 1 is 1.27 bits per heavy atom. The molecule has 0 aliphatic rings. The van der Waals surface area contributed by atoms with E-state index < -0.39 is 5.38 Å². The lowest BCUT2D eigenvalue weighted by atomic mass is 10.3. The molecule has 4 heteroatoms. The fourth-order valence-electron chi connectivity index (χ4n) is 1.01. The lowest BCUT2D eigenvalue weighted by Gasteiger charge is -2.07. The van der Waals surface area contributed by atoms with Crippen LogP contribution in [-0.2, 0) is 0 Å². The van der Waals surface area contributed by atoms with Crippen molar-refractivity contribution in [2.45, 2.75) is 12.3 Å². The number of halogens is 1. The second kappa shape index (κ2) is 6.15. The molecule has 0 saturated carbocycles. The van der Waals surface area contributed by atoms with Gasteiger partial charge in [-0.2, -0.15) is 5.26 Å². The number of nitriles is 1. The van der Waals surface area contributed by atoms with Gasteiger partial charge in [0, 0.05) is 0 Å². The van der Waals surface area contributed by atoms with Crippen LogP contribution in [0.3, 0.4) is 0 Å². The monoisotopic (exact) mass is 225 g/mol. The molecule has 1 unspecified atom stereocenters. The van der Waals surface area contributed by atoms with Crippen molar-refractivity contribution in [1.82, 2.24) is 0 Å². The Balaban J connectivity index is 2.46. The largest absolute Gasteiger partial charge is 0.494 e. The highest BCUT2D eigenvalue weighted by Gasteiger charge is 2.02. The molecule has 1 rings (SSSR count). The Morgan fingerprint density at radius 3 is 2.27 bits per heavy atom. The maximum Gasteiger partial charge on any atom is 0.154 e. The standard InChI is InChI=1S/C11H12ClNO2/c1-2-14-10-3-5-11(6-4-10)15-8-9(12)7-13/h3-6,9H,2,8H2,1H3. The number of rotatable bonds is 5. The van der Waals surface area contributed by atoms with Crippen LogP contribution in [0.1, 0.15) is 6.92 Å². The predicted octanol–water partition coefficient (Wildman–Crippen LogP) is 2.60. The fourth-order valence-corrected chi connectivity index (χ4v) is 1.07. The number of benzene rings is 1. The third kappa shape index (κ3) is 4.09. The number of hydrogen-bond donors (Lipinski definition) is 0. The Kier molecular flexibility index (Phi) is 4.79. The molecule has 80 valence electrons. The maximum atomic E-state index is 8.44. The summed E-state index contributed by atoms with van der Waals surface area (Å²) in [4.78, 5) is 0. The van der Waals surface area contributed by atoms with E-state index in [1.54, 1.807) is 12.1 Å². The van der Waals surface area contributed by atoms with Crippen LogP contribution in [-0.4, -0.2) is 18.6 Å². The fraction of sp³-hybridized carbons (Fsp3) is 0.364. The summed E-state index contributed by atoms with van der Waals surface area (Å²) in [5.74, 6) is 1.48. The van der Waals surface area contributed by atoms with E-state index in [1.165, 1.54) is 0 Å². The predicted molar refractivity (Wildman–Crippen MR) is 58.4 cm³/mol. The van der Waals surface area contributed by atoms with Gasteiger partial charge in [-0.05, 0) is 31.2 Å². The Labute approximate surface area is 94.2 Å². The van der Waals surface area contributed by atoms with Crippen molar-refractivity contribution < 1.29 is 9.47 Å². The summed E-state index contributed by atoms with van der Waals surface area (Å²) in [6, 6.07) is 9.08. The summed E-state index contributed by atoms with van der Waals surface area (Å²) in [5, 5.41) is 7.83. The average Bonchev–Trinajstić information content (AvgIpc) is 2.28. The summed E-state index contributed by atoms with van der Waals surface area (Å²) >= 11 is 5.59. The molecule has 0 heterocycles. The topological polar surface area (TPSA) is 42.2 Å². The zero-order valence-electron chi connectivity index (χ0n) is 8.44. The highest BCUT2D eigenvalue weighted by atomic mass is 35.5. The van der Waals surface area contributed by atoms with E-state index in [0.717, 1.165) is 5.75 Å². The minimum Gasteiger partial charge on any atom is -0.494 e. The molecule has 0 fully saturated rings. The van der Waals surface area contributed by atoms with Crippen molar-refractivity contribution in [2.24, 2.45) is 0 Å². The number of ether oxygens (including phenoxy) is 2. The van der Waals surface area contributed by atoms with E-state index in [2.05, 4.69) is 0 Å². The van der Waals surface area contributed by atoms with E-state index in [9.17, 15) is 0 Å². The SMILES string of the molecule is CCOc1ccc(OCC(Cl)C#N)cc1. The van der Waals surface area contributed by atoms with Gasteiger partial charge in [0.15, 0.2) is 5.38 Å². The first-order valence-corrected chi connectivity index (χ1v) is 5.09. The summed E-state index contributed by atoms with van der Waals surface area (Å²) < 4.78 is 10.6. The number of nitrogens with zero attached hydrogens (tertiary/aromatic N) is 1. The molecule has 0 aromatic heterocycles. The normalized spacial score (nSPS) is 11.5. The first kappa shape index (κ1) is 11.7. The molecular formula is C11H12ClNO2. The molecule has 1 atom stereocenters. The van der Waals surface area contributed by atoms with E-state index in [4.69, 9.17) is 26.3 Å². The van der Waals surface area contributed by atoms with Gasteiger partial charge in [-0.25, -0.2) is 0 Å². The molecule has 0 amide bonds. The van der Waals surface area contributed by atoms with Crippen LogP contribution in [0.2, 0.25) is 0 Å². The molecule has 0 spiro atoms. The lowest BCUT2D eigenvalue weighted by molar-refractivity contribution is 0.323. The van der Waals surface area contributed by atoms with Crippen molar-refractivity contribution >= 4 is 11.6 Å². The van der Waals surface area contributed by atoms with E-state index in [1.807, 2.05) is 25.1 Å². The molecule has 0 N–H and O–H groups in total. The summed E-state index contributed by atoms with van der Waals surface area (Å²) in [6.07, 6.45) is 0. The van der Waals surface area contributed by atoms with E-state index in [-0.39, 0.29) is 6.61 Å². The summed E-state index contributed by atoms with van der Waals surface area (Å²) in [6.45, 7) is 2.75. The maximum absolute atomic E-state index is 8.44. The summed E-state index contributed by atoms with van der Waals surface area (Å²) in [5.41, 5.74) is 0. The Morgan fingerprint density at radius 2 is 1.80 bits per heavy atom. The van der Waals surface area contributed by atoms with Crippen LogP contribution in [0.5, 0.6) is 11.5 Å². The van der Waals surface area contributed by atoms with Gasteiger partial charge in [0.05, 0.1) is 12.7 Å². The molecule has 15 heavy (non-hydrogen) atoms. The van der Waals surface area contributed by atoms with Gasteiger partial charge in [-0.3, -0.25) is 0 Å². The van der Waals surface area contributed by atoms with Crippen molar-refractivity contribution in [2.75, 3.05) is 13.2 Å². The third-order valence-electron chi connectivity index (χ3n) is 1.67. The van der Waals surface area contributed by atoms with Gasteiger partial charge in [-0.15, -0.1) is 11.6 Å². The highest BCUT2D eigenvalue weighted by molar-refractivity contribution is 6.22. The molecule has 1 aromatic rings. The molecule has 0 saturated heterocycles. The zero-order valence-corrected chi connectivity index (χ0v) is 9.20. The Hall–Kier alpha value is -1.40. The van der Waals surface area contributed by atoms with E-state index >= 15 is 0 Å². The van der Waals surface area contributed by atoms with Gasteiger partial charge in [0.2, 0.25) is 0 Å². The molecule has 0 bridgehead atoms. The van der Waals surface area contributed by atoms with Crippen LogP contribution in [0.4, 0.5) is 0 Å². The number of alkyl halides is 1. The minimum atomic E-state index is -0.614. The van der Waals surface area contributed by atoms with E-state index in [0.29, 0.717) is 12.4 Å². The van der Waals surface area contributed by atoms with Crippen molar-refractivity contribution in [1.29, 1.82) is 5.26 Å². The smallest absolute Gasteiger partial charge is 0.154 e. The van der Waals surface area contributed by atoms with Crippen molar-refractivity contribution in [3.05, 3.63) is 24.3 Å². The lowest BCUT2D eigenvalue weighted by Crippen LogP contribution is -2.08. The summed E-state index contributed by atoms with van der Waals surface area (Å²) in [7, 11) is 0. The van der Waals surface area contributed by atoms with Gasteiger partial charge in [0.1, 0.15) is 18.1 Å². The van der Waals surface area contributed by atoms with Gasteiger partial charge < -0.3 is 9.47 Å². The van der Waals surface area contributed by atoms with Crippen molar-refractivity contribution in [3.63, 3.8) is 0 Å². The van der Waals surface area contributed by atoms with Gasteiger partial charge in [0.25, 0.3) is 0 Å². The second-order valence-electron chi connectivity index (χ2n) is 2.81. The molecule has 0 radical (unpaired) electrons. The molecular weight excluding hydrogens is 214 g/mol. The first-order valence-electron chi connectivity index (χ1n) is 4.65. The zero-order chi connectivity index (χ0) is 11.1. The van der Waals surface area contributed by atoms with Crippen LogP contribution < -0.4 is 9.47 Å². The third-order valence-corrected chi connectivity index (χ3v) is 1.89. The van der Waals surface area contributed by atoms with Crippen LogP contribution in [0.15, 0.2) is 24.3 Å². The minimum absolute atomic E-state index is 0.187.